The lowest BCUT2D eigenvalue weighted by Gasteiger charge is -2.36. The van der Waals surface area contributed by atoms with Crippen molar-refractivity contribution in [1.82, 2.24) is 10.6 Å². The van der Waals surface area contributed by atoms with Gasteiger partial charge in [0.05, 0.1) is 91.3 Å². The van der Waals surface area contributed by atoms with Crippen molar-refractivity contribution in [2.45, 2.75) is 25.5 Å². The van der Waals surface area contributed by atoms with Crippen LogP contribution in [0.4, 0.5) is 14.5 Å². The molecule has 65 heavy (non-hydrogen) atoms. The number of aromatic hydroxyl groups is 2. The highest BCUT2D eigenvalue weighted by Crippen LogP contribution is 2.57. The number of anilines is 1. The number of fused-ring (bicyclic) bond motifs is 6. The topological polar surface area (TPSA) is 211 Å². The van der Waals surface area contributed by atoms with E-state index in [2.05, 4.69) is 16.0 Å². The normalized spacial score (nSPS) is 13.0. The maximum Gasteiger partial charge on any atom is 0.340 e. The third kappa shape index (κ3) is 13.3. The number of rotatable bonds is 25. The van der Waals surface area contributed by atoms with Crippen LogP contribution < -0.4 is 25.4 Å². The summed E-state index contributed by atoms with van der Waals surface area (Å²) in [6.07, 6.45) is -0.222. The van der Waals surface area contributed by atoms with Crippen LogP contribution in [0, 0.1) is 11.6 Å². The van der Waals surface area contributed by atoms with E-state index in [-0.39, 0.29) is 55.8 Å². The minimum absolute atomic E-state index is 0.0262. The second-order valence-corrected chi connectivity index (χ2v) is 14.8. The van der Waals surface area contributed by atoms with E-state index in [1.54, 1.807) is 30.3 Å². The van der Waals surface area contributed by atoms with Crippen molar-refractivity contribution >= 4 is 40.9 Å². The number of hydrogen-bond acceptors (Lipinski definition) is 15. The molecule has 2 aliphatic rings. The maximum absolute atomic E-state index is 14.2. The highest BCUT2D eigenvalue weighted by atomic mass is 32.1. The first kappa shape index (κ1) is 48.5. The van der Waals surface area contributed by atoms with Gasteiger partial charge in [-0.25, -0.2) is 13.6 Å². The van der Waals surface area contributed by atoms with Gasteiger partial charge >= 0.3 is 11.9 Å². The van der Waals surface area contributed by atoms with Crippen molar-refractivity contribution in [3.8, 4) is 28.7 Å². The summed E-state index contributed by atoms with van der Waals surface area (Å²) >= 11 is 5.45. The molecule has 0 aromatic heterocycles. The molecule has 0 atom stereocenters. The third-order valence-corrected chi connectivity index (χ3v) is 9.94. The maximum atomic E-state index is 14.2. The van der Waals surface area contributed by atoms with E-state index >= 15 is 0 Å². The first-order valence-corrected chi connectivity index (χ1v) is 21.0. The molecule has 0 aliphatic carbocycles. The monoisotopic (exact) mass is 925 g/mol. The van der Waals surface area contributed by atoms with E-state index in [0.29, 0.717) is 111 Å². The van der Waals surface area contributed by atoms with Crippen LogP contribution in [0.25, 0.3) is 0 Å². The van der Waals surface area contributed by atoms with Gasteiger partial charge in [-0.3, -0.25) is 9.59 Å². The van der Waals surface area contributed by atoms with Crippen LogP contribution in [0.1, 0.15) is 46.0 Å². The fourth-order valence-electron chi connectivity index (χ4n) is 6.76. The average molecular weight is 926 g/mol. The molecule has 348 valence electrons. The van der Waals surface area contributed by atoms with Gasteiger partial charge in [0.15, 0.2) is 22.3 Å². The number of thiocarbonyl (C=S) groups is 1. The van der Waals surface area contributed by atoms with Crippen molar-refractivity contribution < 1.29 is 76.0 Å². The van der Waals surface area contributed by atoms with E-state index < -0.39 is 34.9 Å². The minimum Gasteiger partial charge on any atom is -0.508 e. The number of hydrogen-bond donors (Lipinski definition) is 5. The molecule has 1 spiro atoms. The summed E-state index contributed by atoms with van der Waals surface area (Å²) in [7, 11) is 0. The Morgan fingerprint density at radius 1 is 0.677 bits per heavy atom. The number of amides is 1. The molecule has 0 fully saturated rings. The quantitative estimate of drug-likeness (QED) is 0.0257. The minimum atomic E-state index is -1.35. The van der Waals surface area contributed by atoms with Gasteiger partial charge in [0.25, 0.3) is 0 Å². The first-order valence-electron chi connectivity index (χ1n) is 20.6. The van der Waals surface area contributed by atoms with Crippen molar-refractivity contribution in [1.29, 1.82) is 0 Å². The SMILES string of the molecule is CC(=O)NCc1cc(F)c(OC(=O)CCOCCOCCOCCOCCOCCOCCNC(=S)Nc2ccc3c(c2)C(=O)OC32c3ccc(O)cc3Oc3cc(O)ccc32)c(F)c1. The molecule has 20 heteroatoms. The Labute approximate surface area is 378 Å². The molecule has 6 rings (SSSR count). The van der Waals surface area contributed by atoms with E-state index in [4.69, 9.17) is 54.8 Å². The molecule has 4 aromatic rings. The van der Waals surface area contributed by atoms with Gasteiger partial charge in [-0.15, -0.1) is 0 Å². The van der Waals surface area contributed by atoms with Crippen molar-refractivity contribution in [2.24, 2.45) is 0 Å². The van der Waals surface area contributed by atoms with Crippen LogP contribution in [-0.4, -0.2) is 119 Å². The summed E-state index contributed by atoms with van der Waals surface area (Å²) in [6, 6.07) is 16.3. The van der Waals surface area contributed by atoms with Gasteiger partial charge in [-0.2, -0.15) is 0 Å². The van der Waals surface area contributed by atoms with E-state index in [0.717, 1.165) is 12.1 Å². The number of carbonyl (C=O) groups is 3. The lowest BCUT2D eigenvalue weighted by molar-refractivity contribution is -0.136. The summed E-state index contributed by atoms with van der Waals surface area (Å²) in [5, 5.41) is 29.2. The van der Waals surface area contributed by atoms with Crippen LogP contribution in [-0.2, 0) is 54.9 Å². The number of carbonyl (C=O) groups excluding carboxylic acids is 3. The van der Waals surface area contributed by atoms with Gasteiger partial charge < -0.3 is 68.8 Å². The Bertz CT molecular complexity index is 2240. The molecule has 5 N–H and O–H groups in total. The molecule has 0 bridgehead atoms. The molecular formula is C45H49F2N3O14S. The van der Waals surface area contributed by atoms with Crippen molar-refractivity contribution in [2.75, 3.05) is 91.1 Å². The number of esters is 2. The largest absolute Gasteiger partial charge is 0.508 e. The standard InChI is InChI=1S/C45H49F2N3O14S/c1-28(51)49-27-29-22-37(46)42(38(47)23-29)63-41(54)8-10-56-12-14-58-16-18-60-20-21-61-19-17-59-15-13-57-11-9-48-44(65)50-30-2-5-34-33(24-30)43(55)64-45(34)35-6-3-31(52)25-39(35)62-40-26-32(53)4-7-36(40)45/h2-7,22-26,52-53H,8-21,27H2,1H3,(H,49,51)(H2,48,50,65). The zero-order valence-electron chi connectivity index (χ0n) is 35.4. The lowest BCUT2D eigenvalue weighted by atomic mass is 9.77. The first-order chi connectivity index (χ1) is 31.4. The number of phenols is 2. The second-order valence-electron chi connectivity index (χ2n) is 14.4. The van der Waals surface area contributed by atoms with Gasteiger partial charge in [0.2, 0.25) is 11.7 Å². The lowest BCUT2D eigenvalue weighted by Crippen LogP contribution is -2.33. The smallest absolute Gasteiger partial charge is 0.340 e. The van der Waals surface area contributed by atoms with Crippen molar-refractivity contribution in [3.05, 3.63) is 106 Å². The van der Waals surface area contributed by atoms with Gasteiger partial charge in [0.1, 0.15) is 23.0 Å². The van der Waals surface area contributed by atoms with Crippen LogP contribution >= 0.6 is 12.2 Å². The molecule has 2 heterocycles. The van der Waals surface area contributed by atoms with E-state index in [9.17, 15) is 33.4 Å². The van der Waals surface area contributed by atoms with E-state index in [1.807, 2.05) is 0 Å². The predicted octanol–water partition coefficient (Wildman–Crippen LogP) is 4.96. The summed E-state index contributed by atoms with van der Waals surface area (Å²) in [5.74, 6) is -4.15. The van der Waals surface area contributed by atoms with Crippen LogP contribution in [0.5, 0.6) is 28.7 Å². The Kier molecular flexibility index (Phi) is 17.7. The predicted molar refractivity (Wildman–Crippen MR) is 231 cm³/mol. The number of ether oxygens (including phenoxy) is 9. The summed E-state index contributed by atoms with van der Waals surface area (Å²) in [5.41, 5.74) is 1.37. The molecule has 0 unspecified atom stereocenters. The molecule has 4 aromatic carbocycles. The average Bonchev–Trinajstić information content (AvgIpc) is 3.55. The Hall–Kier alpha value is -6.00. The molecular weight excluding hydrogens is 877 g/mol. The van der Waals surface area contributed by atoms with Crippen LogP contribution in [0.15, 0.2) is 66.7 Å². The number of phenolic OH excluding ortho intramolecular Hbond substituents is 2. The fourth-order valence-corrected chi connectivity index (χ4v) is 6.98. The highest BCUT2D eigenvalue weighted by molar-refractivity contribution is 7.80. The third-order valence-electron chi connectivity index (χ3n) is 9.69. The molecule has 17 nitrogen and oxygen atoms in total. The zero-order chi connectivity index (χ0) is 46.2. The summed E-state index contributed by atoms with van der Waals surface area (Å²) in [4.78, 5) is 36.3. The second kappa shape index (κ2) is 23.8. The summed E-state index contributed by atoms with van der Waals surface area (Å²) in [6.45, 7) is 5.34. The van der Waals surface area contributed by atoms with Gasteiger partial charge in [-0.05, 0) is 66.3 Å². The fraction of sp³-hybridized carbons (Fsp3) is 0.378. The summed E-state index contributed by atoms with van der Waals surface area (Å²) < 4.78 is 78.1. The van der Waals surface area contributed by atoms with Gasteiger partial charge in [-0.1, -0.05) is 6.07 Å². The Balaban J connectivity index is 0.740. The molecule has 2 aliphatic heterocycles. The molecule has 1 amide bonds. The number of halogens is 2. The van der Waals surface area contributed by atoms with Crippen LogP contribution in [0.2, 0.25) is 0 Å². The van der Waals surface area contributed by atoms with Crippen molar-refractivity contribution in [3.63, 3.8) is 0 Å². The number of benzene rings is 4. The van der Waals surface area contributed by atoms with Gasteiger partial charge in [0, 0.05) is 54.5 Å². The number of nitrogens with one attached hydrogen (secondary N) is 3. The molecule has 0 saturated carbocycles. The molecule has 0 saturated heterocycles. The Morgan fingerprint density at radius 3 is 1.72 bits per heavy atom. The van der Waals surface area contributed by atoms with Crippen LogP contribution in [0.3, 0.4) is 0 Å². The highest BCUT2D eigenvalue weighted by Gasteiger charge is 2.53. The molecule has 0 radical (unpaired) electrons. The van der Waals surface area contributed by atoms with E-state index in [1.165, 1.54) is 31.2 Å². The Morgan fingerprint density at radius 2 is 1.18 bits per heavy atom. The zero-order valence-corrected chi connectivity index (χ0v) is 36.2.